The Kier molecular flexibility index (Phi) is 2.69. The predicted molar refractivity (Wildman–Crippen MR) is 98.7 cm³/mol. The number of aromatic nitrogens is 3. The third-order valence-corrected chi connectivity index (χ3v) is 5.33. The van der Waals surface area contributed by atoms with Gasteiger partial charge in [-0.25, -0.2) is 9.38 Å². The minimum absolute atomic E-state index is 0.00613. The van der Waals surface area contributed by atoms with Gasteiger partial charge in [-0.05, 0) is 31.2 Å². The molecule has 0 bridgehead atoms. The molecule has 5 rings (SSSR count). The Morgan fingerprint density at radius 3 is 2.83 bits per heavy atom. The van der Waals surface area contributed by atoms with E-state index in [4.69, 9.17) is 0 Å². The first-order valence-electron chi connectivity index (χ1n) is 7.71. The monoisotopic (exact) mass is 331 g/mol. The van der Waals surface area contributed by atoms with Gasteiger partial charge in [0.1, 0.15) is 0 Å². The normalized spacial score (nSPS) is 12.8. The van der Waals surface area contributed by atoms with Gasteiger partial charge in [0.05, 0.1) is 15.6 Å². The smallest absolute Gasteiger partial charge is 0.274 e. The van der Waals surface area contributed by atoms with Crippen molar-refractivity contribution in [2.45, 2.75) is 6.92 Å². The fourth-order valence-corrected chi connectivity index (χ4v) is 4.20. The van der Waals surface area contributed by atoms with Gasteiger partial charge in [0.2, 0.25) is 0 Å². The summed E-state index contributed by atoms with van der Waals surface area (Å²) in [7, 11) is 0. The van der Waals surface area contributed by atoms with Crippen LogP contribution in [-0.4, -0.2) is 14.4 Å². The van der Waals surface area contributed by atoms with Crippen LogP contribution < -0.4 is 10.1 Å². The average Bonchev–Trinajstić information content (AvgIpc) is 3.20. The van der Waals surface area contributed by atoms with Gasteiger partial charge in [0, 0.05) is 22.2 Å². The SMILES string of the molecule is Cc1[nH]c2ccccc2c1/C=c1\sc2nc3ccccc3n2c1=O. The largest absolute Gasteiger partial charge is 0.358 e. The van der Waals surface area contributed by atoms with E-state index in [-0.39, 0.29) is 5.56 Å². The Bertz CT molecular complexity index is 1340. The number of nitrogens with zero attached hydrogens (tertiary/aromatic N) is 2. The molecule has 0 saturated heterocycles. The Labute approximate surface area is 140 Å². The quantitative estimate of drug-likeness (QED) is 0.513. The minimum atomic E-state index is -0.00613. The van der Waals surface area contributed by atoms with Crippen LogP contribution in [0.4, 0.5) is 0 Å². The van der Waals surface area contributed by atoms with Crippen LogP contribution in [0, 0.1) is 6.92 Å². The van der Waals surface area contributed by atoms with Crippen molar-refractivity contribution in [1.82, 2.24) is 14.4 Å². The number of aromatic amines is 1. The van der Waals surface area contributed by atoms with E-state index in [1.54, 1.807) is 4.40 Å². The van der Waals surface area contributed by atoms with Crippen LogP contribution >= 0.6 is 11.3 Å². The van der Waals surface area contributed by atoms with Gasteiger partial charge in [-0.1, -0.05) is 41.7 Å². The van der Waals surface area contributed by atoms with E-state index in [2.05, 4.69) is 16.0 Å². The zero-order chi connectivity index (χ0) is 16.3. The lowest BCUT2D eigenvalue weighted by Gasteiger charge is -1.91. The molecule has 0 amide bonds. The molecule has 0 atom stereocenters. The minimum Gasteiger partial charge on any atom is -0.358 e. The second-order valence-electron chi connectivity index (χ2n) is 5.84. The Balaban J connectivity index is 1.85. The molecule has 0 saturated carbocycles. The van der Waals surface area contributed by atoms with Gasteiger partial charge in [-0.2, -0.15) is 0 Å². The van der Waals surface area contributed by atoms with E-state index in [1.165, 1.54) is 11.3 Å². The van der Waals surface area contributed by atoms with E-state index < -0.39 is 0 Å². The number of H-pyrrole nitrogens is 1. The molecule has 1 N–H and O–H groups in total. The fraction of sp³-hybridized carbons (Fsp3) is 0.0526. The number of thiazole rings is 1. The molecule has 5 heteroatoms. The third kappa shape index (κ3) is 1.79. The maximum Gasteiger partial charge on any atom is 0.274 e. The molecule has 116 valence electrons. The predicted octanol–water partition coefficient (Wildman–Crippen LogP) is 3.25. The molecule has 5 aromatic rings. The lowest BCUT2D eigenvalue weighted by molar-refractivity contribution is 1.19. The van der Waals surface area contributed by atoms with Crippen LogP contribution in [0.25, 0.3) is 33.0 Å². The molecule has 0 radical (unpaired) electrons. The molecule has 0 aliphatic carbocycles. The van der Waals surface area contributed by atoms with Gasteiger partial charge in [0.15, 0.2) is 4.96 Å². The summed E-state index contributed by atoms with van der Waals surface area (Å²) in [5.41, 5.74) is 4.93. The number of rotatable bonds is 1. The van der Waals surface area contributed by atoms with Crippen molar-refractivity contribution in [3.05, 3.63) is 74.7 Å². The lowest BCUT2D eigenvalue weighted by atomic mass is 10.1. The molecule has 2 aromatic carbocycles. The van der Waals surface area contributed by atoms with Crippen molar-refractivity contribution in [3.63, 3.8) is 0 Å². The number of fused-ring (bicyclic) bond motifs is 4. The maximum absolute atomic E-state index is 12.9. The molecule has 4 nitrogen and oxygen atoms in total. The summed E-state index contributed by atoms with van der Waals surface area (Å²) < 4.78 is 2.41. The Morgan fingerprint density at radius 1 is 1.12 bits per heavy atom. The van der Waals surface area contributed by atoms with Crippen molar-refractivity contribution < 1.29 is 0 Å². The molecule has 0 aliphatic rings. The molecule has 3 heterocycles. The van der Waals surface area contributed by atoms with Gasteiger partial charge >= 0.3 is 0 Å². The summed E-state index contributed by atoms with van der Waals surface area (Å²) in [4.78, 5) is 21.5. The number of imidazole rings is 1. The van der Waals surface area contributed by atoms with Gasteiger partial charge in [-0.3, -0.25) is 4.79 Å². The molecule has 0 aliphatic heterocycles. The molecule has 24 heavy (non-hydrogen) atoms. The number of hydrogen-bond acceptors (Lipinski definition) is 3. The zero-order valence-electron chi connectivity index (χ0n) is 12.9. The maximum atomic E-state index is 12.9. The molecule has 3 aromatic heterocycles. The Hall–Kier alpha value is -2.92. The van der Waals surface area contributed by atoms with Crippen LogP contribution in [-0.2, 0) is 0 Å². The van der Waals surface area contributed by atoms with E-state index in [1.807, 2.05) is 55.5 Å². The molecular formula is C19H13N3OS. The molecular weight excluding hydrogens is 318 g/mol. The lowest BCUT2D eigenvalue weighted by Crippen LogP contribution is -2.22. The van der Waals surface area contributed by atoms with Crippen molar-refractivity contribution in [2.75, 3.05) is 0 Å². The number of para-hydroxylation sites is 3. The summed E-state index contributed by atoms with van der Waals surface area (Å²) >= 11 is 1.44. The molecule has 0 fully saturated rings. The second kappa shape index (κ2) is 4.79. The molecule has 0 unspecified atom stereocenters. The van der Waals surface area contributed by atoms with E-state index in [9.17, 15) is 4.79 Å². The average molecular weight is 331 g/mol. The van der Waals surface area contributed by atoms with Crippen molar-refractivity contribution in [3.8, 4) is 0 Å². The number of benzene rings is 2. The number of aryl methyl sites for hydroxylation is 1. The number of nitrogens with one attached hydrogen (secondary N) is 1. The summed E-state index contributed by atoms with van der Waals surface area (Å²) in [5.74, 6) is 0. The third-order valence-electron chi connectivity index (χ3n) is 4.36. The van der Waals surface area contributed by atoms with Crippen molar-refractivity contribution in [2.24, 2.45) is 0 Å². The summed E-state index contributed by atoms with van der Waals surface area (Å²) in [6.07, 6.45) is 1.98. The van der Waals surface area contributed by atoms with Gasteiger partial charge < -0.3 is 4.98 Å². The van der Waals surface area contributed by atoms with Crippen LogP contribution in [0.1, 0.15) is 11.3 Å². The summed E-state index contributed by atoms with van der Waals surface area (Å²) in [6, 6.07) is 15.9. The first-order valence-corrected chi connectivity index (χ1v) is 8.53. The highest BCUT2D eigenvalue weighted by molar-refractivity contribution is 7.15. The highest BCUT2D eigenvalue weighted by Gasteiger charge is 2.12. The zero-order valence-corrected chi connectivity index (χ0v) is 13.7. The van der Waals surface area contributed by atoms with E-state index >= 15 is 0 Å². The van der Waals surface area contributed by atoms with E-state index in [0.717, 1.165) is 38.2 Å². The first kappa shape index (κ1) is 13.5. The summed E-state index contributed by atoms with van der Waals surface area (Å²) in [6.45, 7) is 2.03. The van der Waals surface area contributed by atoms with Crippen molar-refractivity contribution in [1.29, 1.82) is 0 Å². The standard InChI is InChI=1S/C19H13N3OS/c1-11-13(12-6-2-3-7-14(12)20-11)10-17-18(23)22-16-9-5-4-8-15(16)21-19(22)24-17/h2-10,20H,1H3/b17-10-. The highest BCUT2D eigenvalue weighted by atomic mass is 32.1. The van der Waals surface area contributed by atoms with Crippen LogP contribution in [0.3, 0.4) is 0 Å². The Morgan fingerprint density at radius 2 is 1.92 bits per heavy atom. The fourth-order valence-electron chi connectivity index (χ4n) is 3.23. The van der Waals surface area contributed by atoms with Gasteiger partial charge in [-0.15, -0.1) is 0 Å². The van der Waals surface area contributed by atoms with Crippen LogP contribution in [0.15, 0.2) is 53.3 Å². The first-order chi connectivity index (χ1) is 11.7. The molecule has 0 spiro atoms. The highest BCUT2D eigenvalue weighted by Crippen LogP contribution is 2.22. The van der Waals surface area contributed by atoms with Crippen LogP contribution in [0.2, 0.25) is 0 Å². The topological polar surface area (TPSA) is 50.2 Å². The van der Waals surface area contributed by atoms with Gasteiger partial charge in [0.25, 0.3) is 5.56 Å². The summed E-state index contributed by atoms with van der Waals surface area (Å²) in [5, 5.41) is 1.13. The van der Waals surface area contributed by atoms with Crippen LogP contribution in [0.5, 0.6) is 0 Å². The second-order valence-corrected chi connectivity index (χ2v) is 6.85. The van der Waals surface area contributed by atoms with E-state index in [0.29, 0.717) is 4.53 Å². The number of hydrogen-bond donors (Lipinski definition) is 1. The van der Waals surface area contributed by atoms with Crippen molar-refractivity contribution >= 4 is 44.3 Å².